The number of fused-ring (bicyclic) bond motifs is 1. The zero-order chi connectivity index (χ0) is 12.6. The number of aliphatic hydroxyl groups excluding tert-OH is 1. The maximum atomic E-state index is 9.04. The Labute approximate surface area is 113 Å². The second-order valence-electron chi connectivity index (χ2n) is 3.66. The van der Waals surface area contributed by atoms with E-state index in [0.29, 0.717) is 11.2 Å². The number of aliphatic hydroxyl groups is 1. The molecule has 0 fully saturated rings. The minimum Gasteiger partial charge on any atom is -0.395 e. The minimum atomic E-state index is -1.64. The molecule has 0 bridgehead atoms. The van der Waals surface area contributed by atoms with Crippen LogP contribution in [0.25, 0.3) is 11.2 Å². The van der Waals surface area contributed by atoms with Gasteiger partial charge in [0.05, 0.1) is 6.61 Å². The molecule has 2 heterocycles. The van der Waals surface area contributed by atoms with Crippen molar-refractivity contribution in [3.63, 3.8) is 0 Å². The second-order valence-corrected chi connectivity index (χ2v) is 5.95. The lowest BCUT2D eigenvalue weighted by Crippen LogP contribution is -2.14. The fraction of sp³-hybridized carbons (Fsp3) is 0.400. The summed E-state index contributed by atoms with van der Waals surface area (Å²) in [6.45, 7) is 2.12. The third-order valence-electron chi connectivity index (χ3n) is 2.30. The van der Waals surface area contributed by atoms with Gasteiger partial charge in [0.2, 0.25) is 3.79 Å². The molecule has 0 aliphatic rings. The number of pyridine rings is 1. The van der Waals surface area contributed by atoms with E-state index in [0.717, 1.165) is 5.56 Å². The summed E-state index contributed by atoms with van der Waals surface area (Å²) in [6, 6.07) is 1.86. The Bertz CT molecular complexity index is 547. The summed E-state index contributed by atoms with van der Waals surface area (Å²) in [6.07, 6.45) is 1.71. The van der Waals surface area contributed by atoms with E-state index in [1.54, 1.807) is 10.8 Å². The molecule has 1 N–H and O–H groups in total. The average Bonchev–Trinajstić information content (AvgIpc) is 2.56. The van der Waals surface area contributed by atoms with Gasteiger partial charge in [0.25, 0.3) is 0 Å². The first-order chi connectivity index (χ1) is 7.93. The summed E-state index contributed by atoms with van der Waals surface area (Å²) in [7, 11) is 0. The zero-order valence-electron chi connectivity index (χ0n) is 8.99. The SMILES string of the molecule is Cc1cnc2c(c1)nc(C(Cl)(Cl)Cl)n2CCO. The monoisotopic (exact) mass is 293 g/mol. The summed E-state index contributed by atoms with van der Waals surface area (Å²) in [5.74, 6) is 0.268. The van der Waals surface area contributed by atoms with Gasteiger partial charge in [-0.2, -0.15) is 0 Å². The van der Waals surface area contributed by atoms with Gasteiger partial charge in [-0.3, -0.25) is 0 Å². The van der Waals surface area contributed by atoms with E-state index in [1.807, 2.05) is 13.0 Å². The van der Waals surface area contributed by atoms with Crippen LogP contribution in [0.5, 0.6) is 0 Å². The number of halogens is 3. The van der Waals surface area contributed by atoms with Gasteiger partial charge in [0, 0.05) is 12.7 Å². The topological polar surface area (TPSA) is 50.9 Å². The van der Waals surface area contributed by atoms with Crippen molar-refractivity contribution in [2.24, 2.45) is 0 Å². The quantitative estimate of drug-likeness (QED) is 0.866. The lowest BCUT2D eigenvalue weighted by atomic mass is 10.3. The number of alkyl halides is 3. The Hall–Kier alpha value is -0.550. The molecule has 7 heteroatoms. The van der Waals surface area contributed by atoms with Crippen molar-refractivity contribution >= 4 is 46.0 Å². The Morgan fingerprint density at radius 3 is 2.71 bits per heavy atom. The van der Waals surface area contributed by atoms with Gasteiger partial charge < -0.3 is 9.67 Å². The molecule has 0 aliphatic carbocycles. The highest BCUT2D eigenvalue weighted by molar-refractivity contribution is 6.66. The molecule has 0 amide bonds. The van der Waals surface area contributed by atoms with Crippen LogP contribution in [0.4, 0.5) is 0 Å². The molecule has 17 heavy (non-hydrogen) atoms. The largest absolute Gasteiger partial charge is 0.395 e. The molecule has 2 aromatic heterocycles. The van der Waals surface area contributed by atoms with E-state index in [4.69, 9.17) is 39.9 Å². The predicted octanol–water partition coefficient (Wildman–Crippen LogP) is 2.56. The van der Waals surface area contributed by atoms with Crippen molar-refractivity contribution < 1.29 is 5.11 Å². The van der Waals surface area contributed by atoms with Gasteiger partial charge in [0.1, 0.15) is 5.52 Å². The average molecular weight is 295 g/mol. The van der Waals surface area contributed by atoms with Gasteiger partial charge in [-0.25, -0.2) is 9.97 Å². The highest BCUT2D eigenvalue weighted by atomic mass is 35.6. The molecular weight excluding hydrogens is 284 g/mol. The third-order valence-corrected chi connectivity index (χ3v) is 2.81. The molecule has 0 radical (unpaired) electrons. The van der Waals surface area contributed by atoms with Crippen LogP contribution >= 0.6 is 34.8 Å². The number of nitrogens with zero attached hydrogens (tertiary/aromatic N) is 3. The van der Waals surface area contributed by atoms with Crippen molar-refractivity contribution in [2.75, 3.05) is 6.61 Å². The van der Waals surface area contributed by atoms with Crippen LogP contribution in [0.2, 0.25) is 0 Å². The first kappa shape index (κ1) is 12.9. The van der Waals surface area contributed by atoms with Crippen LogP contribution in [0.15, 0.2) is 12.3 Å². The normalized spacial score (nSPS) is 12.3. The number of aromatic nitrogens is 3. The standard InChI is InChI=1S/C10H10Cl3N3O/c1-6-4-7-8(14-5-6)16(2-3-17)9(15-7)10(11,12)13/h4-5,17H,2-3H2,1H3. The van der Waals surface area contributed by atoms with Crippen LogP contribution in [0, 0.1) is 6.92 Å². The first-order valence-electron chi connectivity index (χ1n) is 4.94. The third kappa shape index (κ3) is 2.50. The maximum Gasteiger partial charge on any atom is 0.248 e. The first-order valence-corrected chi connectivity index (χ1v) is 6.08. The number of rotatable bonds is 2. The van der Waals surface area contributed by atoms with E-state index >= 15 is 0 Å². The lowest BCUT2D eigenvalue weighted by Gasteiger charge is -2.12. The van der Waals surface area contributed by atoms with E-state index in [1.165, 1.54) is 0 Å². The number of aryl methyl sites for hydroxylation is 1. The van der Waals surface area contributed by atoms with Crippen molar-refractivity contribution in [3.8, 4) is 0 Å². The number of imidazole rings is 1. The number of hydrogen-bond donors (Lipinski definition) is 1. The Morgan fingerprint density at radius 1 is 1.41 bits per heavy atom. The van der Waals surface area contributed by atoms with Gasteiger partial charge in [-0.05, 0) is 18.6 Å². The molecule has 0 unspecified atom stereocenters. The molecule has 0 aromatic carbocycles. The summed E-state index contributed by atoms with van der Waals surface area (Å²) in [4.78, 5) is 8.50. The minimum absolute atomic E-state index is 0.0746. The van der Waals surface area contributed by atoms with Crippen molar-refractivity contribution in [2.45, 2.75) is 17.3 Å². The molecule has 2 rings (SSSR count). The van der Waals surface area contributed by atoms with Gasteiger partial charge in [0.15, 0.2) is 11.5 Å². The molecule has 2 aromatic rings. The second kappa shape index (κ2) is 4.61. The Kier molecular flexibility index (Phi) is 3.50. The van der Waals surface area contributed by atoms with E-state index in [2.05, 4.69) is 9.97 Å². The summed E-state index contributed by atoms with van der Waals surface area (Å²) < 4.78 is -0.0223. The fourth-order valence-corrected chi connectivity index (χ4v) is 2.07. The molecule has 0 saturated carbocycles. The maximum absolute atomic E-state index is 9.04. The van der Waals surface area contributed by atoms with E-state index in [-0.39, 0.29) is 19.0 Å². The Balaban J connectivity index is 2.70. The van der Waals surface area contributed by atoms with E-state index in [9.17, 15) is 0 Å². The Morgan fingerprint density at radius 2 is 2.12 bits per heavy atom. The van der Waals surface area contributed by atoms with Crippen LogP contribution in [-0.4, -0.2) is 26.2 Å². The van der Waals surface area contributed by atoms with Crippen molar-refractivity contribution in [3.05, 3.63) is 23.7 Å². The van der Waals surface area contributed by atoms with E-state index < -0.39 is 3.79 Å². The summed E-state index contributed by atoms with van der Waals surface area (Å²) >= 11 is 17.5. The smallest absolute Gasteiger partial charge is 0.248 e. The van der Waals surface area contributed by atoms with Crippen LogP contribution in [0.1, 0.15) is 11.4 Å². The molecular formula is C10H10Cl3N3O. The molecule has 0 aliphatic heterocycles. The molecule has 0 spiro atoms. The van der Waals surface area contributed by atoms with Crippen LogP contribution in [-0.2, 0) is 10.3 Å². The lowest BCUT2D eigenvalue weighted by molar-refractivity contribution is 0.276. The van der Waals surface area contributed by atoms with Gasteiger partial charge >= 0.3 is 0 Å². The molecule has 92 valence electrons. The zero-order valence-corrected chi connectivity index (χ0v) is 11.3. The summed E-state index contributed by atoms with van der Waals surface area (Å²) in [5, 5.41) is 9.04. The molecule has 0 saturated heterocycles. The van der Waals surface area contributed by atoms with Crippen molar-refractivity contribution in [1.82, 2.24) is 14.5 Å². The number of hydrogen-bond acceptors (Lipinski definition) is 3. The fourth-order valence-electron chi connectivity index (χ4n) is 1.64. The highest BCUT2D eigenvalue weighted by Gasteiger charge is 2.30. The molecule has 4 nitrogen and oxygen atoms in total. The summed E-state index contributed by atoms with van der Waals surface area (Å²) in [5.41, 5.74) is 2.23. The highest BCUT2D eigenvalue weighted by Crippen LogP contribution is 2.38. The van der Waals surface area contributed by atoms with Crippen molar-refractivity contribution in [1.29, 1.82) is 0 Å². The van der Waals surface area contributed by atoms with Gasteiger partial charge in [-0.1, -0.05) is 34.8 Å². The van der Waals surface area contributed by atoms with Crippen LogP contribution in [0.3, 0.4) is 0 Å². The molecule has 0 atom stereocenters. The van der Waals surface area contributed by atoms with Crippen LogP contribution < -0.4 is 0 Å². The van der Waals surface area contributed by atoms with Gasteiger partial charge in [-0.15, -0.1) is 0 Å². The predicted molar refractivity (Wildman–Crippen MR) is 68.6 cm³/mol.